The summed E-state index contributed by atoms with van der Waals surface area (Å²) in [6.07, 6.45) is 0.0484. The van der Waals surface area contributed by atoms with Crippen molar-refractivity contribution in [2.24, 2.45) is 0 Å². The molecule has 0 bridgehead atoms. The quantitative estimate of drug-likeness (QED) is 0.405. The number of imidazole rings is 1. The first-order valence-corrected chi connectivity index (χ1v) is 8.94. The second-order valence-electron chi connectivity index (χ2n) is 5.84. The third-order valence-electron chi connectivity index (χ3n) is 3.93. The average molecular weight is 379 g/mol. The number of nitrogens with zero attached hydrogens (tertiary/aromatic N) is 3. The summed E-state index contributed by atoms with van der Waals surface area (Å²) in [4.78, 5) is 34.5. The standard InChI is InChI=1S/C18H13N5O3S/c24-17(7-11-2-1-3-13(6-11)23(25)26)20-12-4-5-14-15(8-12)22-18(21-14)16-9-27-10-19-16/h1-6,8-10H,7H2,(H,20,24)(H,21,22). The fourth-order valence-corrected chi connectivity index (χ4v) is 3.25. The molecule has 0 radical (unpaired) electrons. The van der Waals surface area contributed by atoms with Gasteiger partial charge in [0.05, 0.1) is 27.9 Å². The summed E-state index contributed by atoms with van der Waals surface area (Å²) >= 11 is 1.49. The number of nitro benzene ring substituents is 1. The zero-order valence-electron chi connectivity index (χ0n) is 13.9. The number of rotatable bonds is 5. The zero-order valence-corrected chi connectivity index (χ0v) is 14.7. The van der Waals surface area contributed by atoms with Crippen LogP contribution >= 0.6 is 11.3 Å². The van der Waals surface area contributed by atoms with Gasteiger partial charge < -0.3 is 10.3 Å². The van der Waals surface area contributed by atoms with Crippen LogP contribution in [0.4, 0.5) is 11.4 Å². The molecule has 0 aliphatic rings. The molecule has 0 fully saturated rings. The summed E-state index contributed by atoms with van der Waals surface area (Å²) in [6, 6.07) is 11.4. The highest BCUT2D eigenvalue weighted by molar-refractivity contribution is 7.07. The van der Waals surface area contributed by atoms with Crippen LogP contribution in [0.2, 0.25) is 0 Å². The van der Waals surface area contributed by atoms with Gasteiger partial charge in [-0.25, -0.2) is 9.97 Å². The minimum Gasteiger partial charge on any atom is -0.337 e. The van der Waals surface area contributed by atoms with Crippen LogP contribution in [-0.4, -0.2) is 25.8 Å². The predicted octanol–water partition coefficient (Wildman–Crippen LogP) is 3.78. The Morgan fingerprint density at radius 2 is 2.15 bits per heavy atom. The van der Waals surface area contributed by atoms with Gasteiger partial charge in [0.15, 0.2) is 5.82 Å². The summed E-state index contributed by atoms with van der Waals surface area (Å²) in [6.45, 7) is 0. The number of benzene rings is 2. The molecule has 0 unspecified atom stereocenters. The van der Waals surface area contributed by atoms with Crippen LogP contribution in [0.15, 0.2) is 53.4 Å². The summed E-state index contributed by atoms with van der Waals surface area (Å²) in [7, 11) is 0. The number of anilines is 1. The number of nitro groups is 1. The first-order valence-electron chi connectivity index (χ1n) is 8.00. The molecule has 0 saturated heterocycles. The largest absolute Gasteiger partial charge is 0.337 e. The molecule has 2 N–H and O–H groups in total. The van der Waals surface area contributed by atoms with Crippen molar-refractivity contribution in [2.45, 2.75) is 6.42 Å². The first-order chi connectivity index (χ1) is 13.1. The van der Waals surface area contributed by atoms with Crippen LogP contribution < -0.4 is 5.32 Å². The zero-order chi connectivity index (χ0) is 18.8. The molecule has 4 rings (SSSR count). The number of hydrogen-bond acceptors (Lipinski definition) is 6. The second-order valence-corrected chi connectivity index (χ2v) is 6.56. The Kier molecular flexibility index (Phi) is 4.35. The van der Waals surface area contributed by atoms with Gasteiger partial charge in [0, 0.05) is 23.2 Å². The van der Waals surface area contributed by atoms with Crippen LogP contribution in [0.1, 0.15) is 5.56 Å². The van der Waals surface area contributed by atoms with Crippen molar-refractivity contribution >= 4 is 39.7 Å². The molecule has 134 valence electrons. The third-order valence-corrected chi connectivity index (χ3v) is 4.51. The van der Waals surface area contributed by atoms with Crippen LogP contribution in [0.5, 0.6) is 0 Å². The Labute approximate surface area is 157 Å². The van der Waals surface area contributed by atoms with E-state index >= 15 is 0 Å². The number of amides is 1. The Bertz CT molecular complexity index is 1140. The lowest BCUT2D eigenvalue weighted by Crippen LogP contribution is -2.14. The molecule has 1 amide bonds. The van der Waals surface area contributed by atoms with E-state index in [2.05, 4.69) is 20.3 Å². The number of nitrogens with one attached hydrogen (secondary N) is 2. The molecule has 0 aliphatic heterocycles. The average Bonchev–Trinajstić information content (AvgIpc) is 3.30. The third kappa shape index (κ3) is 3.67. The number of aromatic amines is 1. The lowest BCUT2D eigenvalue weighted by molar-refractivity contribution is -0.384. The van der Waals surface area contributed by atoms with Crippen LogP contribution in [0, 0.1) is 10.1 Å². The SMILES string of the molecule is O=C(Cc1cccc([N+](=O)[O-])c1)Nc1ccc2nc(-c3cscn3)[nH]c2c1. The van der Waals surface area contributed by atoms with Gasteiger partial charge in [0.2, 0.25) is 5.91 Å². The van der Waals surface area contributed by atoms with E-state index in [1.54, 1.807) is 29.8 Å². The molecule has 8 nitrogen and oxygen atoms in total. The van der Waals surface area contributed by atoms with Crippen molar-refractivity contribution in [1.82, 2.24) is 15.0 Å². The molecule has 2 heterocycles. The number of hydrogen-bond donors (Lipinski definition) is 2. The van der Waals surface area contributed by atoms with Gasteiger partial charge in [-0.3, -0.25) is 14.9 Å². The number of carbonyl (C=O) groups excluding carboxylic acids is 1. The number of fused-ring (bicyclic) bond motifs is 1. The minimum absolute atomic E-state index is 0.0336. The Hall–Kier alpha value is -3.59. The van der Waals surface area contributed by atoms with E-state index in [-0.39, 0.29) is 18.0 Å². The molecule has 2 aromatic carbocycles. The fraction of sp³-hybridized carbons (Fsp3) is 0.0556. The minimum atomic E-state index is -0.479. The second kappa shape index (κ2) is 6.96. The van der Waals surface area contributed by atoms with Gasteiger partial charge in [-0.15, -0.1) is 11.3 Å². The summed E-state index contributed by atoms with van der Waals surface area (Å²) in [5.74, 6) is 0.417. The van der Waals surface area contributed by atoms with Crippen molar-refractivity contribution in [3.8, 4) is 11.5 Å². The van der Waals surface area contributed by atoms with Gasteiger partial charge in [0.25, 0.3) is 5.69 Å². The Balaban J connectivity index is 1.50. The molecule has 0 atom stereocenters. The van der Waals surface area contributed by atoms with Gasteiger partial charge in [0.1, 0.15) is 5.69 Å². The lowest BCUT2D eigenvalue weighted by Gasteiger charge is -2.05. The van der Waals surface area contributed by atoms with Crippen molar-refractivity contribution < 1.29 is 9.72 Å². The van der Waals surface area contributed by atoms with Crippen molar-refractivity contribution in [3.63, 3.8) is 0 Å². The Morgan fingerprint density at radius 1 is 1.26 bits per heavy atom. The number of carbonyl (C=O) groups is 1. The van der Waals surface area contributed by atoms with E-state index in [1.807, 2.05) is 11.4 Å². The van der Waals surface area contributed by atoms with E-state index in [1.165, 1.54) is 23.5 Å². The lowest BCUT2D eigenvalue weighted by atomic mass is 10.1. The van der Waals surface area contributed by atoms with Gasteiger partial charge in [-0.2, -0.15) is 0 Å². The Morgan fingerprint density at radius 3 is 2.93 bits per heavy atom. The van der Waals surface area contributed by atoms with Gasteiger partial charge in [-0.1, -0.05) is 12.1 Å². The van der Waals surface area contributed by atoms with Crippen LogP contribution in [0.3, 0.4) is 0 Å². The number of thiazole rings is 1. The van der Waals surface area contributed by atoms with Gasteiger partial charge >= 0.3 is 0 Å². The summed E-state index contributed by atoms with van der Waals surface area (Å²) < 4.78 is 0. The highest BCUT2D eigenvalue weighted by atomic mass is 32.1. The molecular weight excluding hydrogens is 366 g/mol. The van der Waals surface area contributed by atoms with Crippen molar-refractivity contribution in [1.29, 1.82) is 0 Å². The van der Waals surface area contributed by atoms with E-state index in [0.29, 0.717) is 17.1 Å². The highest BCUT2D eigenvalue weighted by Gasteiger charge is 2.11. The van der Waals surface area contributed by atoms with Gasteiger partial charge in [-0.05, 0) is 23.8 Å². The van der Waals surface area contributed by atoms with Crippen molar-refractivity contribution in [2.75, 3.05) is 5.32 Å². The smallest absolute Gasteiger partial charge is 0.269 e. The van der Waals surface area contributed by atoms with E-state index in [9.17, 15) is 14.9 Å². The highest BCUT2D eigenvalue weighted by Crippen LogP contribution is 2.23. The normalized spacial score (nSPS) is 10.8. The maximum Gasteiger partial charge on any atom is 0.269 e. The van der Waals surface area contributed by atoms with E-state index in [0.717, 1.165) is 16.7 Å². The maximum atomic E-state index is 12.3. The molecule has 0 spiro atoms. The monoisotopic (exact) mass is 379 g/mol. The fourth-order valence-electron chi connectivity index (χ4n) is 2.71. The number of non-ortho nitro benzene ring substituents is 1. The molecular formula is C18H13N5O3S. The van der Waals surface area contributed by atoms with Crippen molar-refractivity contribution in [3.05, 3.63) is 69.0 Å². The topological polar surface area (TPSA) is 114 Å². The summed E-state index contributed by atoms with van der Waals surface area (Å²) in [5, 5.41) is 15.5. The molecule has 9 heteroatoms. The van der Waals surface area contributed by atoms with E-state index < -0.39 is 4.92 Å². The molecule has 0 saturated carbocycles. The molecule has 27 heavy (non-hydrogen) atoms. The first kappa shape index (κ1) is 16.9. The van der Waals surface area contributed by atoms with Crippen LogP contribution in [-0.2, 0) is 11.2 Å². The molecule has 0 aliphatic carbocycles. The maximum absolute atomic E-state index is 12.3. The summed E-state index contributed by atoms with van der Waals surface area (Å²) in [5.41, 5.74) is 5.23. The molecule has 4 aromatic rings. The van der Waals surface area contributed by atoms with Crippen LogP contribution in [0.25, 0.3) is 22.6 Å². The van der Waals surface area contributed by atoms with E-state index in [4.69, 9.17) is 0 Å². The number of aromatic nitrogens is 3. The number of H-pyrrole nitrogens is 1. The predicted molar refractivity (Wildman–Crippen MR) is 103 cm³/mol. The molecule has 2 aromatic heterocycles.